The van der Waals surface area contributed by atoms with Gasteiger partial charge in [-0.2, -0.15) is 0 Å². The van der Waals surface area contributed by atoms with Gasteiger partial charge in [-0.1, -0.05) is 30.3 Å². The zero-order valence-corrected chi connectivity index (χ0v) is 19.8. The molecule has 2 aromatic rings. The molecule has 9 nitrogen and oxygen atoms in total. The Morgan fingerprint density at radius 1 is 1.06 bits per heavy atom. The Balaban J connectivity index is 1.92. The van der Waals surface area contributed by atoms with Crippen LogP contribution in [0.3, 0.4) is 0 Å². The van der Waals surface area contributed by atoms with Gasteiger partial charge in [0.05, 0.1) is 11.4 Å². The van der Waals surface area contributed by atoms with Crippen molar-refractivity contribution in [1.29, 1.82) is 0 Å². The number of amides is 2. The first kappa shape index (κ1) is 24.4. The number of nitrogens with zero attached hydrogens (tertiary/aromatic N) is 2. The van der Waals surface area contributed by atoms with E-state index < -0.39 is 28.5 Å². The molecule has 3 rings (SSSR count). The highest BCUT2D eigenvalue weighted by Crippen LogP contribution is 2.36. The topological polar surface area (TPSA) is 105 Å². The molecule has 0 aromatic heterocycles. The van der Waals surface area contributed by atoms with E-state index in [1.165, 1.54) is 17.9 Å². The third-order valence-electron chi connectivity index (χ3n) is 5.34. The van der Waals surface area contributed by atoms with E-state index in [1.807, 2.05) is 30.3 Å². The van der Waals surface area contributed by atoms with Gasteiger partial charge in [0.25, 0.3) is 0 Å². The lowest BCUT2D eigenvalue weighted by Gasteiger charge is -2.31. The monoisotopic (exact) mass is 475 g/mol. The summed E-state index contributed by atoms with van der Waals surface area (Å²) in [6.07, 6.45) is 0. The van der Waals surface area contributed by atoms with Crippen LogP contribution in [0.1, 0.15) is 26.3 Å². The number of carbonyl (C=O) groups is 2. The minimum absolute atomic E-state index is 0.0488. The molecule has 2 amide bonds. The Bertz CT molecular complexity index is 1090. The maximum Gasteiger partial charge on any atom is 0.244 e. The van der Waals surface area contributed by atoms with Crippen LogP contribution in [0.2, 0.25) is 0 Å². The average molecular weight is 476 g/mol. The number of sulfonamides is 1. The first-order valence-electron chi connectivity index (χ1n) is 10.8. The number of benzene rings is 2. The van der Waals surface area contributed by atoms with Crippen LogP contribution in [0.25, 0.3) is 0 Å². The molecule has 1 N–H and O–H groups in total. The maximum atomic E-state index is 13.5. The fraction of sp³-hybridized carbons (Fsp3) is 0.391. The quantitative estimate of drug-likeness (QED) is 0.564. The maximum absolute atomic E-state index is 13.5. The van der Waals surface area contributed by atoms with Gasteiger partial charge in [0, 0.05) is 19.2 Å². The van der Waals surface area contributed by atoms with Crippen molar-refractivity contribution < 1.29 is 27.5 Å². The van der Waals surface area contributed by atoms with Crippen LogP contribution in [-0.4, -0.2) is 56.8 Å². The summed E-state index contributed by atoms with van der Waals surface area (Å²) in [7, 11) is -3.80. The zero-order valence-electron chi connectivity index (χ0n) is 19.0. The molecule has 0 aliphatic carbocycles. The van der Waals surface area contributed by atoms with Gasteiger partial charge in [-0.25, -0.2) is 8.42 Å². The van der Waals surface area contributed by atoms with Gasteiger partial charge in [-0.05, 0) is 38.5 Å². The van der Waals surface area contributed by atoms with E-state index in [1.54, 1.807) is 26.0 Å². The summed E-state index contributed by atoms with van der Waals surface area (Å²) < 4.78 is 37.6. The molecule has 2 aromatic carbocycles. The van der Waals surface area contributed by atoms with E-state index in [0.29, 0.717) is 23.7 Å². The number of rotatable bonds is 10. The summed E-state index contributed by atoms with van der Waals surface area (Å²) in [6.45, 7) is 5.12. The molecular formula is C23H29N3O6S. The Morgan fingerprint density at radius 2 is 1.76 bits per heavy atom. The van der Waals surface area contributed by atoms with Crippen molar-refractivity contribution in [2.75, 3.05) is 29.9 Å². The second kappa shape index (κ2) is 10.6. The van der Waals surface area contributed by atoms with Crippen molar-refractivity contribution in [3.05, 3.63) is 54.1 Å². The van der Waals surface area contributed by atoms with E-state index in [2.05, 4.69) is 5.32 Å². The fourth-order valence-corrected chi connectivity index (χ4v) is 4.50. The van der Waals surface area contributed by atoms with E-state index >= 15 is 0 Å². The van der Waals surface area contributed by atoms with Crippen LogP contribution in [-0.2, 0) is 26.2 Å². The number of anilines is 1. The molecule has 1 heterocycles. The van der Waals surface area contributed by atoms with Crippen molar-refractivity contribution in [2.45, 2.75) is 33.4 Å². The molecule has 0 bridgehead atoms. The molecule has 0 saturated carbocycles. The molecule has 0 fully saturated rings. The molecule has 1 atom stereocenters. The molecule has 10 heteroatoms. The summed E-state index contributed by atoms with van der Waals surface area (Å²) in [5.74, 6) is -0.0798. The second-order valence-corrected chi connectivity index (χ2v) is 9.70. The smallest absolute Gasteiger partial charge is 0.244 e. The fourth-order valence-electron chi connectivity index (χ4n) is 3.44. The second-order valence-electron chi connectivity index (χ2n) is 7.52. The van der Waals surface area contributed by atoms with Gasteiger partial charge in [-0.15, -0.1) is 0 Å². The van der Waals surface area contributed by atoms with Crippen molar-refractivity contribution in [1.82, 2.24) is 10.2 Å². The van der Waals surface area contributed by atoms with Crippen molar-refractivity contribution in [3.8, 4) is 11.5 Å². The summed E-state index contributed by atoms with van der Waals surface area (Å²) >= 11 is 0. The zero-order chi connectivity index (χ0) is 24.0. The summed E-state index contributed by atoms with van der Waals surface area (Å²) in [5.41, 5.74) is 1.12. The third-order valence-corrected chi connectivity index (χ3v) is 7.08. The van der Waals surface area contributed by atoms with Gasteiger partial charge >= 0.3 is 0 Å². The molecule has 33 heavy (non-hydrogen) atoms. The van der Waals surface area contributed by atoms with E-state index in [0.717, 1.165) is 9.87 Å². The van der Waals surface area contributed by atoms with Crippen molar-refractivity contribution >= 4 is 27.5 Å². The number of nitrogens with one attached hydrogen (secondary N) is 1. The third kappa shape index (κ3) is 5.75. The average Bonchev–Trinajstić information content (AvgIpc) is 3.29. The first-order chi connectivity index (χ1) is 15.8. The molecular weight excluding hydrogens is 446 g/mol. The van der Waals surface area contributed by atoms with Gasteiger partial charge in [0.2, 0.25) is 28.6 Å². The van der Waals surface area contributed by atoms with Gasteiger partial charge in [0.15, 0.2) is 11.5 Å². The SMILES string of the molecule is CCNC(=O)[C@@H](C)N(Cc1ccccc1)C(=O)CN(c1ccc2c(c1)OCO2)S(=O)(=O)CC. The lowest BCUT2D eigenvalue weighted by Crippen LogP contribution is -2.51. The lowest BCUT2D eigenvalue weighted by atomic mass is 10.1. The number of ether oxygens (including phenoxy) is 2. The number of likely N-dealkylation sites (N-methyl/N-ethyl adjacent to an activating group) is 1. The number of hydrogen-bond acceptors (Lipinski definition) is 6. The highest BCUT2D eigenvalue weighted by atomic mass is 32.2. The van der Waals surface area contributed by atoms with E-state index in [-0.39, 0.29) is 25.0 Å². The lowest BCUT2D eigenvalue weighted by molar-refractivity contribution is -0.139. The molecule has 0 saturated heterocycles. The predicted octanol–water partition coefficient (Wildman–Crippen LogP) is 2.12. The van der Waals surface area contributed by atoms with Crippen molar-refractivity contribution in [2.24, 2.45) is 0 Å². The van der Waals surface area contributed by atoms with Gasteiger partial charge in [-0.3, -0.25) is 13.9 Å². The van der Waals surface area contributed by atoms with Crippen LogP contribution < -0.4 is 19.1 Å². The first-order valence-corrected chi connectivity index (χ1v) is 12.4. The van der Waals surface area contributed by atoms with E-state index in [4.69, 9.17) is 9.47 Å². The summed E-state index contributed by atoms with van der Waals surface area (Å²) in [4.78, 5) is 27.4. The summed E-state index contributed by atoms with van der Waals surface area (Å²) in [5, 5.41) is 2.73. The normalized spacial score (nSPS) is 13.3. The van der Waals surface area contributed by atoms with Gasteiger partial charge < -0.3 is 19.7 Å². The Morgan fingerprint density at radius 3 is 2.42 bits per heavy atom. The van der Waals surface area contributed by atoms with Crippen LogP contribution >= 0.6 is 0 Å². The molecule has 0 radical (unpaired) electrons. The van der Waals surface area contributed by atoms with Crippen molar-refractivity contribution in [3.63, 3.8) is 0 Å². The van der Waals surface area contributed by atoms with Crippen LogP contribution in [0, 0.1) is 0 Å². The molecule has 178 valence electrons. The molecule has 1 aliphatic rings. The molecule has 0 spiro atoms. The highest BCUT2D eigenvalue weighted by Gasteiger charge is 2.31. The minimum atomic E-state index is -3.80. The largest absolute Gasteiger partial charge is 0.454 e. The molecule has 0 unspecified atom stereocenters. The minimum Gasteiger partial charge on any atom is -0.454 e. The Labute approximate surface area is 194 Å². The standard InChI is InChI=1S/C23H29N3O6S/c1-4-24-23(28)17(3)25(14-18-9-7-6-8-10-18)22(27)15-26(33(29,30)5-2)19-11-12-20-21(13-19)32-16-31-20/h6-13,17H,4-5,14-16H2,1-3H3,(H,24,28)/t17-/m1/s1. The summed E-state index contributed by atoms with van der Waals surface area (Å²) in [6, 6.07) is 13.2. The van der Waals surface area contributed by atoms with E-state index in [9.17, 15) is 18.0 Å². The Hall–Kier alpha value is -3.27. The number of fused-ring (bicyclic) bond motifs is 1. The van der Waals surface area contributed by atoms with Crippen LogP contribution in [0.5, 0.6) is 11.5 Å². The number of carbonyl (C=O) groups excluding carboxylic acids is 2. The predicted molar refractivity (Wildman–Crippen MR) is 125 cm³/mol. The highest BCUT2D eigenvalue weighted by molar-refractivity contribution is 7.92. The van der Waals surface area contributed by atoms with Crippen LogP contribution in [0.4, 0.5) is 5.69 Å². The van der Waals surface area contributed by atoms with Crippen LogP contribution in [0.15, 0.2) is 48.5 Å². The number of hydrogen-bond donors (Lipinski definition) is 1. The van der Waals surface area contributed by atoms with Gasteiger partial charge in [0.1, 0.15) is 12.6 Å². The molecule has 1 aliphatic heterocycles. The Kier molecular flexibility index (Phi) is 7.80.